The molecule has 2 heterocycles. The van der Waals surface area contributed by atoms with Crippen LogP contribution in [0.25, 0.3) is 5.57 Å². The lowest BCUT2D eigenvalue weighted by atomic mass is 10.0. The van der Waals surface area contributed by atoms with Crippen molar-refractivity contribution in [3.05, 3.63) is 95.4 Å². The van der Waals surface area contributed by atoms with Gasteiger partial charge in [-0.3, -0.25) is 9.59 Å². The number of anilines is 2. The molecule has 5 nitrogen and oxygen atoms in total. The van der Waals surface area contributed by atoms with Gasteiger partial charge in [-0.2, -0.15) is 0 Å². The molecule has 33 heavy (non-hydrogen) atoms. The summed E-state index contributed by atoms with van der Waals surface area (Å²) in [6, 6.07) is 20.5. The Balaban J connectivity index is 1.63. The highest BCUT2D eigenvalue weighted by atomic mass is 19.1. The molecule has 3 aromatic carbocycles. The number of amides is 2. The van der Waals surface area contributed by atoms with Gasteiger partial charge in [0.05, 0.1) is 17.4 Å². The van der Waals surface area contributed by atoms with Gasteiger partial charge in [0.25, 0.3) is 11.8 Å². The minimum absolute atomic E-state index is 0.0235. The van der Waals surface area contributed by atoms with Crippen LogP contribution >= 0.6 is 0 Å². The number of carbonyl (C=O) groups excluding carboxylic acids is 2. The summed E-state index contributed by atoms with van der Waals surface area (Å²) in [5, 5.41) is 0. The smallest absolute Gasteiger partial charge is 0.282 e. The molecule has 2 aliphatic rings. The topological polar surface area (TPSA) is 49.9 Å². The van der Waals surface area contributed by atoms with E-state index in [1.807, 2.05) is 43.0 Å². The summed E-state index contributed by atoms with van der Waals surface area (Å²) in [7, 11) is 0. The highest BCUT2D eigenvalue weighted by Crippen LogP contribution is 2.40. The lowest BCUT2D eigenvalue weighted by Crippen LogP contribution is -2.34. The van der Waals surface area contributed by atoms with E-state index in [1.54, 1.807) is 24.3 Å². The van der Waals surface area contributed by atoms with Crippen LogP contribution in [0.15, 0.2) is 78.5 Å². The van der Waals surface area contributed by atoms with Gasteiger partial charge in [0.2, 0.25) is 0 Å². The zero-order chi connectivity index (χ0) is 23.1. The highest BCUT2D eigenvalue weighted by molar-refractivity contribution is 6.46. The Labute approximate surface area is 191 Å². The zero-order valence-electron chi connectivity index (χ0n) is 18.4. The predicted molar refractivity (Wildman–Crippen MR) is 126 cm³/mol. The molecule has 0 aromatic heterocycles. The molecule has 2 aliphatic heterocycles. The van der Waals surface area contributed by atoms with Gasteiger partial charge in [-0.05, 0) is 73.9 Å². The van der Waals surface area contributed by atoms with Crippen LogP contribution in [0.2, 0.25) is 0 Å². The van der Waals surface area contributed by atoms with Crippen LogP contribution in [0, 0.1) is 5.82 Å². The maximum absolute atomic E-state index is 13.7. The summed E-state index contributed by atoms with van der Waals surface area (Å²) in [5.41, 5.74) is 3.70. The van der Waals surface area contributed by atoms with E-state index in [2.05, 4.69) is 0 Å². The molecule has 0 saturated carbocycles. The van der Waals surface area contributed by atoms with Gasteiger partial charge in [0, 0.05) is 12.2 Å². The zero-order valence-corrected chi connectivity index (χ0v) is 18.4. The number of hydrogen-bond donors (Lipinski definition) is 0. The molecular formula is C27H23FN2O3. The van der Waals surface area contributed by atoms with Crippen molar-refractivity contribution in [1.82, 2.24) is 0 Å². The number of rotatable bonds is 5. The van der Waals surface area contributed by atoms with Crippen molar-refractivity contribution in [2.75, 3.05) is 16.3 Å². The molecule has 0 radical (unpaired) electrons. The largest absolute Gasteiger partial charge is 0.491 e. The monoisotopic (exact) mass is 442 g/mol. The fourth-order valence-electron chi connectivity index (χ4n) is 4.40. The number of halogens is 1. The minimum Gasteiger partial charge on any atom is -0.491 e. The summed E-state index contributed by atoms with van der Waals surface area (Å²) in [5.74, 6) is -0.584. The van der Waals surface area contributed by atoms with Crippen LogP contribution in [0.1, 0.15) is 25.0 Å². The standard InChI is InChI=1S/C27H23FN2O3/c1-17(2)33-22-13-7-19(8-14-22)24-25(29-16-15-18-5-3-4-6-23(18)29)27(32)30(26(24)31)21-11-9-20(28)10-12-21/h3-14,17H,15-16H2,1-2H3. The average Bonchev–Trinajstić information content (AvgIpc) is 3.33. The number of carbonyl (C=O) groups is 2. The number of nitrogens with zero attached hydrogens (tertiary/aromatic N) is 2. The number of fused-ring (bicyclic) bond motifs is 1. The SMILES string of the molecule is CC(C)Oc1ccc(C2=C(N3CCc4ccccc43)C(=O)N(c3ccc(F)cc3)C2=O)cc1. The van der Waals surface area contributed by atoms with Crippen LogP contribution < -0.4 is 14.5 Å². The number of benzene rings is 3. The molecule has 0 saturated heterocycles. The summed E-state index contributed by atoms with van der Waals surface area (Å²) < 4.78 is 19.2. The third-order valence-corrected chi connectivity index (χ3v) is 5.82. The highest BCUT2D eigenvalue weighted by Gasteiger charge is 2.44. The molecule has 0 unspecified atom stereocenters. The molecule has 0 bridgehead atoms. The van der Waals surface area contributed by atoms with Crippen LogP contribution in [0.5, 0.6) is 5.75 Å². The quantitative estimate of drug-likeness (QED) is 0.524. The van der Waals surface area contributed by atoms with Gasteiger partial charge in [-0.1, -0.05) is 30.3 Å². The first-order valence-electron chi connectivity index (χ1n) is 10.9. The predicted octanol–water partition coefficient (Wildman–Crippen LogP) is 4.96. The van der Waals surface area contributed by atoms with Crippen LogP contribution in [-0.4, -0.2) is 24.5 Å². The van der Waals surface area contributed by atoms with E-state index in [4.69, 9.17) is 4.74 Å². The Bertz CT molecular complexity index is 1260. The first-order valence-corrected chi connectivity index (χ1v) is 10.9. The van der Waals surface area contributed by atoms with Crippen molar-refractivity contribution in [3.63, 3.8) is 0 Å². The van der Waals surface area contributed by atoms with Gasteiger partial charge in [-0.15, -0.1) is 0 Å². The molecule has 0 atom stereocenters. The van der Waals surface area contributed by atoms with Crippen molar-refractivity contribution in [3.8, 4) is 5.75 Å². The summed E-state index contributed by atoms with van der Waals surface area (Å²) in [6.07, 6.45) is 0.807. The molecule has 0 aliphatic carbocycles. The Kier molecular flexibility index (Phi) is 5.21. The number of ether oxygens (including phenoxy) is 1. The third-order valence-electron chi connectivity index (χ3n) is 5.82. The van der Waals surface area contributed by atoms with E-state index in [1.165, 1.54) is 24.3 Å². The number of imide groups is 1. The molecule has 5 rings (SSSR count). The average molecular weight is 442 g/mol. The summed E-state index contributed by atoms with van der Waals surface area (Å²) in [6.45, 7) is 4.49. The second kappa shape index (κ2) is 8.20. The normalized spacial score (nSPS) is 15.6. The lowest BCUT2D eigenvalue weighted by Gasteiger charge is -2.22. The Hall–Kier alpha value is -3.93. The number of para-hydroxylation sites is 1. The van der Waals surface area contributed by atoms with Gasteiger partial charge in [-0.25, -0.2) is 9.29 Å². The molecule has 166 valence electrons. The third kappa shape index (κ3) is 3.67. The van der Waals surface area contributed by atoms with Crippen molar-refractivity contribution in [2.45, 2.75) is 26.4 Å². The maximum Gasteiger partial charge on any atom is 0.282 e. The molecular weight excluding hydrogens is 419 g/mol. The second-order valence-electron chi connectivity index (χ2n) is 8.37. The van der Waals surface area contributed by atoms with Gasteiger partial charge in [0.1, 0.15) is 17.3 Å². The molecule has 0 N–H and O–H groups in total. The number of hydrogen-bond acceptors (Lipinski definition) is 4. The van der Waals surface area contributed by atoms with E-state index in [0.717, 1.165) is 22.6 Å². The summed E-state index contributed by atoms with van der Waals surface area (Å²) in [4.78, 5) is 30.4. The first kappa shape index (κ1) is 20.9. The van der Waals surface area contributed by atoms with Gasteiger partial charge < -0.3 is 9.64 Å². The lowest BCUT2D eigenvalue weighted by molar-refractivity contribution is -0.120. The van der Waals surface area contributed by atoms with Crippen molar-refractivity contribution in [2.24, 2.45) is 0 Å². The van der Waals surface area contributed by atoms with Crippen LogP contribution in [0.4, 0.5) is 15.8 Å². The fraction of sp³-hybridized carbons (Fsp3) is 0.185. The van der Waals surface area contributed by atoms with Crippen molar-refractivity contribution in [1.29, 1.82) is 0 Å². The molecule has 3 aromatic rings. The second-order valence-corrected chi connectivity index (χ2v) is 8.37. The molecule has 0 fully saturated rings. The Morgan fingerprint density at radius 2 is 1.58 bits per heavy atom. The summed E-state index contributed by atoms with van der Waals surface area (Å²) >= 11 is 0. The minimum atomic E-state index is -0.430. The first-order chi connectivity index (χ1) is 15.9. The Morgan fingerprint density at radius 1 is 0.879 bits per heavy atom. The van der Waals surface area contributed by atoms with Crippen LogP contribution in [-0.2, 0) is 16.0 Å². The fourth-order valence-corrected chi connectivity index (χ4v) is 4.40. The van der Waals surface area contributed by atoms with Crippen molar-refractivity contribution >= 4 is 28.8 Å². The Morgan fingerprint density at radius 3 is 2.27 bits per heavy atom. The van der Waals surface area contributed by atoms with Crippen LogP contribution in [0.3, 0.4) is 0 Å². The van der Waals surface area contributed by atoms with E-state index in [-0.39, 0.29) is 6.10 Å². The van der Waals surface area contributed by atoms with Gasteiger partial charge in [0.15, 0.2) is 0 Å². The van der Waals surface area contributed by atoms with E-state index >= 15 is 0 Å². The molecule has 0 spiro atoms. The maximum atomic E-state index is 13.7. The van der Waals surface area contributed by atoms with E-state index in [0.29, 0.717) is 34.8 Å². The van der Waals surface area contributed by atoms with E-state index < -0.39 is 17.6 Å². The molecule has 6 heteroatoms. The molecule has 2 amide bonds. The van der Waals surface area contributed by atoms with E-state index in [9.17, 15) is 14.0 Å². The van der Waals surface area contributed by atoms with Gasteiger partial charge >= 0.3 is 0 Å². The van der Waals surface area contributed by atoms with Crippen molar-refractivity contribution < 1.29 is 18.7 Å².